The maximum atomic E-state index is 11.8. The van der Waals surface area contributed by atoms with Crippen LogP contribution in [0.15, 0.2) is 0 Å². The van der Waals surface area contributed by atoms with E-state index in [0.29, 0.717) is 32.2 Å². The Labute approximate surface area is 141 Å². The summed E-state index contributed by atoms with van der Waals surface area (Å²) in [5.41, 5.74) is 0. The first-order chi connectivity index (χ1) is 11.8. The van der Waals surface area contributed by atoms with Crippen LogP contribution in [0, 0.1) is 20.2 Å². The van der Waals surface area contributed by atoms with Crippen LogP contribution in [0.4, 0.5) is 4.79 Å². The minimum atomic E-state index is -1.11. The molecule has 1 rings (SSSR count). The van der Waals surface area contributed by atoms with Gasteiger partial charge in [-0.05, 0) is 32.1 Å². The molecule has 1 fully saturated rings. The van der Waals surface area contributed by atoms with E-state index in [9.17, 15) is 29.8 Å². The fourth-order valence-electron chi connectivity index (χ4n) is 2.39. The third kappa shape index (κ3) is 7.50. The number of carbonyl (C=O) groups is 2. The highest BCUT2D eigenvalue weighted by molar-refractivity contribution is 5.80. The van der Waals surface area contributed by atoms with Crippen LogP contribution < -0.4 is 0 Å². The lowest BCUT2D eigenvalue weighted by atomic mass is 10.2. The molecule has 1 aliphatic rings. The maximum absolute atomic E-state index is 11.8. The van der Waals surface area contributed by atoms with E-state index in [1.165, 1.54) is 0 Å². The van der Waals surface area contributed by atoms with Gasteiger partial charge in [0.25, 0.3) is 10.2 Å². The zero-order valence-corrected chi connectivity index (χ0v) is 13.3. The van der Waals surface area contributed by atoms with Crippen LogP contribution in [0.5, 0.6) is 0 Å². The van der Waals surface area contributed by atoms with Crippen LogP contribution in [0.3, 0.4) is 0 Å². The fraction of sp³-hybridized carbons (Fsp3) is 0.833. The number of carboxylic acid groups (broad SMARTS) is 1. The van der Waals surface area contributed by atoms with Crippen molar-refractivity contribution in [2.24, 2.45) is 0 Å². The van der Waals surface area contributed by atoms with E-state index in [-0.39, 0.29) is 13.0 Å². The minimum absolute atomic E-state index is 0.0110. The number of carbonyl (C=O) groups excluding carboxylic acids is 1. The number of hydrogen-bond donors (Lipinski definition) is 1. The van der Waals surface area contributed by atoms with Crippen LogP contribution in [0.1, 0.15) is 32.1 Å². The molecule has 1 aliphatic heterocycles. The molecule has 0 saturated carbocycles. The van der Waals surface area contributed by atoms with Crippen molar-refractivity contribution in [2.75, 3.05) is 19.8 Å². The van der Waals surface area contributed by atoms with Gasteiger partial charge >= 0.3 is 12.1 Å². The first-order valence-corrected chi connectivity index (χ1v) is 7.56. The van der Waals surface area contributed by atoms with Crippen LogP contribution >= 0.6 is 0 Å². The normalized spacial score (nSPS) is 17.6. The number of unbranched alkanes of at least 4 members (excludes halogenated alkanes) is 1. The molecule has 25 heavy (non-hydrogen) atoms. The molecule has 0 aromatic heterocycles. The zero-order valence-electron chi connectivity index (χ0n) is 13.3. The van der Waals surface area contributed by atoms with E-state index in [1.807, 2.05) is 0 Å². The summed E-state index contributed by atoms with van der Waals surface area (Å²) in [6.45, 7) is -0.280. The van der Waals surface area contributed by atoms with Crippen LogP contribution in [-0.2, 0) is 19.2 Å². The van der Waals surface area contributed by atoms with Crippen molar-refractivity contribution in [2.45, 2.75) is 44.2 Å². The monoisotopic (exact) mass is 365 g/mol. The second-order valence-electron chi connectivity index (χ2n) is 5.27. The van der Waals surface area contributed by atoms with Gasteiger partial charge in [-0.3, -0.25) is 4.90 Å². The number of likely N-dealkylation sites (tertiary alicyclic amines) is 1. The number of hydrogen-bond acceptors (Lipinski definition) is 9. The van der Waals surface area contributed by atoms with E-state index in [4.69, 9.17) is 9.84 Å². The highest BCUT2D eigenvalue weighted by Gasteiger charge is 2.34. The second-order valence-corrected chi connectivity index (χ2v) is 5.27. The van der Waals surface area contributed by atoms with Gasteiger partial charge in [0.05, 0.1) is 6.61 Å². The van der Waals surface area contributed by atoms with Crippen LogP contribution in [0.2, 0.25) is 0 Å². The summed E-state index contributed by atoms with van der Waals surface area (Å²) in [5, 5.41) is 27.2. The van der Waals surface area contributed by atoms with Crippen molar-refractivity contribution in [1.82, 2.24) is 4.90 Å². The molecule has 13 nitrogen and oxygen atoms in total. The predicted octanol–water partition coefficient (Wildman–Crippen LogP) is 0.628. The van der Waals surface area contributed by atoms with Gasteiger partial charge in [-0.15, -0.1) is 20.2 Å². The minimum Gasteiger partial charge on any atom is -0.480 e. The lowest BCUT2D eigenvalue weighted by molar-refractivity contribution is -0.790. The zero-order chi connectivity index (χ0) is 18.8. The average Bonchev–Trinajstić information content (AvgIpc) is 3.01. The summed E-state index contributed by atoms with van der Waals surface area (Å²) < 4.78 is 4.98. The molecule has 2 unspecified atom stereocenters. The largest absolute Gasteiger partial charge is 0.480 e. The number of nitrogens with zero attached hydrogens (tertiary/aromatic N) is 3. The van der Waals surface area contributed by atoms with E-state index >= 15 is 0 Å². The molecular weight excluding hydrogens is 346 g/mol. The third-order valence-corrected chi connectivity index (χ3v) is 3.52. The van der Waals surface area contributed by atoms with Crippen LogP contribution in [0.25, 0.3) is 0 Å². The van der Waals surface area contributed by atoms with Gasteiger partial charge in [0.1, 0.15) is 18.8 Å². The van der Waals surface area contributed by atoms with Gasteiger partial charge in [-0.1, -0.05) is 0 Å². The molecule has 0 aliphatic carbocycles. The Hall–Kier alpha value is -2.86. The first kappa shape index (κ1) is 20.2. The molecular formula is C12H19N3O10. The summed E-state index contributed by atoms with van der Waals surface area (Å²) >= 11 is 0. The smallest absolute Gasteiger partial charge is 0.410 e. The number of ether oxygens (including phenoxy) is 1. The van der Waals surface area contributed by atoms with Crippen molar-refractivity contribution in [1.29, 1.82) is 0 Å². The van der Waals surface area contributed by atoms with E-state index < -0.39 is 41.0 Å². The highest BCUT2D eigenvalue weighted by Crippen LogP contribution is 2.18. The molecule has 0 radical (unpaired) electrons. The molecule has 0 spiro atoms. The summed E-state index contributed by atoms with van der Waals surface area (Å²) in [5.74, 6) is -1.08. The Morgan fingerprint density at radius 2 is 1.96 bits per heavy atom. The number of aliphatic carboxylic acids is 1. The standard InChI is InChI=1S/C12H19N3O10/c16-11(17)10-5-3-6-13(10)12(18)23-7-2-1-4-9(25-15(21)22)8-24-14(19)20/h9-10H,1-8H2,(H,16,17). The van der Waals surface area contributed by atoms with E-state index in [2.05, 4.69) is 9.68 Å². The third-order valence-electron chi connectivity index (χ3n) is 3.52. The first-order valence-electron chi connectivity index (χ1n) is 7.56. The summed E-state index contributed by atoms with van der Waals surface area (Å²) in [4.78, 5) is 52.6. The molecule has 0 bridgehead atoms. The molecule has 1 N–H and O–H groups in total. The second kappa shape index (κ2) is 10.1. The van der Waals surface area contributed by atoms with Crippen molar-refractivity contribution in [3.63, 3.8) is 0 Å². The van der Waals surface area contributed by atoms with E-state index in [1.54, 1.807) is 0 Å². The predicted molar refractivity (Wildman–Crippen MR) is 77.4 cm³/mol. The highest BCUT2D eigenvalue weighted by atomic mass is 17.0. The Kier molecular flexibility index (Phi) is 8.15. The van der Waals surface area contributed by atoms with E-state index in [0.717, 1.165) is 4.90 Å². The SMILES string of the molecule is O=C(O)C1CCCN1C(=O)OCCCCC(CO[N+](=O)[O-])O[N+](=O)[O-]. The Morgan fingerprint density at radius 1 is 1.24 bits per heavy atom. The maximum Gasteiger partial charge on any atom is 0.410 e. The summed E-state index contributed by atoms with van der Waals surface area (Å²) in [6, 6.07) is -0.885. The van der Waals surface area contributed by atoms with Gasteiger partial charge < -0.3 is 19.5 Å². The molecule has 142 valence electrons. The molecule has 13 heteroatoms. The molecule has 1 saturated heterocycles. The lowest BCUT2D eigenvalue weighted by Gasteiger charge is -2.20. The van der Waals surface area contributed by atoms with Crippen molar-refractivity contribution < 1.29 is 39.3 Å². The van der Waals surface area contributed by atoms with Gasteiger partial charge in [-0.25, -0.2) is 9.59 Å². The van der Waals surface area contributed by atoms with Crippen LogP contribution in [-0.4, -0.2) is 64.1 Å². The fourth-order valence-corrected chi connectivity index (χ4v) is 2.39. The lowest BCUT2D eigenvalue weighted by Crippen LogP contribution is -2.40. The number of carboxylic acids is 1. The summed E-state index contributed by atoms with van der Waals surface area (Å²) in [6.07, 6.45) is -0.120. The molecule has 0 aromatic carbocycles. The number of amides is 1. The van der Waals surface area contributed by atoms with Gasteiger partial charge in [0, 0.05) is 6.54 Å². The van der Waals surface area contributed by atoms with Crippen molar-refractivity contribution >= 4 is 12.1 Å². The van der Waals surface area contributed by atoms with Crippen molar-refractivity contribution in [3.8, 4) is 0 Å². The van der Waals surface area contributed by atoms with Gasteiger partial charge in [0.2, 0.25) is 0 Å². The topological polar surface area (TPSA) is 172 Å². The molecule has 1 heterocycles. The number of rotatable bonds is 11. The molecule has 0 aromatic rings. The molecule has 2 atom stereocenters. The van der Waals surface area contributed by atoms with Crippen molar-refractivity contribution in [3.05, 3.63) is 20.2 Å². The Balaban J connectivity index is 2.26. The summed E-state index contributed by atoms with van der Waals surface area (Å²) in [7, 11) is 0. The average molecular weight is 365 g/mol. The van der Waals surface area contributed by atoms with Gasteiger partial charge in [-0.2, -0.15) is 0 Å². The van der Waals surface area contributed by atoms with Gasteiger partial charge in [0.15, 0.2) is 0 Å². The Morgan fingerprint density at radius 3 is 2.56 bits per heavy atom. The molecule has 1 amide bonds. The Bertz CT molecular complexity index is 500. The quantitative estimate of drug-likeness (QED) is 0.311.